The van der Waals surface area contributed by atoms with Crippen molar-refractivity contribution in [3.63, 3.8) is 0 Å². The van der Waals surface area contributed by atoms with Crippen molar-refractivity contribution in [3.05, 3.63) is 58.9 Å². The molecule has 3 rings (SSSR count). The quantitative estimate of drug-likeness (QED) is 0.638. The van der Waals surface area contributed by atoms with Crippen LogP contribution >= 0.6 is 0 Å². The normalized spacial score (nSPS) is 13.8. The zero-order chi connectivity index (χ0) is 24.4. The summed E-state index contributed by atoms with van der Waals surface area (Å²) in [5.74, 6) is -1.49. The largest absolute Gasteiger partial charge is 0.457 e. The molecule has 0 radical (unpaired) electrons. The zero-order valence-corrected chi connectivity index (χ0v) is 18.4. The number of carbonyl (C=O) groups is 2. The molecule has 2 aromatic carbocycles. The average Bonchev–Trinajstić information content (AvgIpc) is 2.69. The molecule has 0 aliphatic carbocycles. The highest BCUT2D eigenvalue weighted by Gasteiger charge is 2.34. The van der Waals surface area contributed by atoms with Crippen LogP contribution in [0.5, 0.6) is 11.5 Å². The Bertz CT molecular complexity index is 1050. The van der Waals surface area contributed by atoms with Crippen molar-refractivity contribution in [1.29, 1.82) is 0 Å². The van der Waals surface area contributed by atoms with Gasteiger partial charge in [-0.3, -0.25) is 4.79 Å². The Kier molecular flexibility index (Phi) is 6.85. The molecule has 6 nitrogen and oxygen atoms in total. The van der Waals surface area contributed by atoms with E-state index in [9.17, 15) is 27.2 Å². The van der Waals surface area contributed by atoms with Crippen LogP contribution in [0.15, 0.2) is 36.4 Å². The number of fused-ring (bicyclic) bond motifs is 1. The second-order valence-corrected chi connectivity index (χ2v) is 8.59. The van der Waals surface area contributed by atoms with Crippen LogP contribution in [0.2, 0.25) is 0 Å². The van der Waals surface area contributed by atoms with Gasteiger partial charge in [0.15, 0.2) is 0 Å². The number of amides is 2. The van der Waals surface area contributed by atoms with Crippen molar-refractivity contribution >= 4 is 12.0 Å². The molecule has 0 bridgehead atoms. The lowest BCUT2D eigenvalue weighted by Gasteiger charge is -2.29. The van der Waals surface area contributed by atoms with Crippen molar-refractivity contribution in [1.82, 2.24) is 10.2 Å². The molecular formula is C23H24F4N2O4. The molecule has 178 valence electrons. The maximum Gasteiger partial charge on any atom is 0.419 e. The summed E-state index contributed by atoms with van der Waals surface area (Å²) >= 11 is 0. The summed E-state index contributed by atoms with van der Waals surface area (Å²) in [6.45, 7) is 5.66. The first-order valence-corrected chi connectivity index (χ1v) is 10.2. The first kappa shape index (κ1) is 24.3. The summed E-state index contributed by atoms with van der Waals surface area (Å²) in [6.07, 6.45) is -4.89. The van der Waals surface area contributed by atoms with E-state index < -0.39 is 29.3 Å². The van der Waals surface area contributed by atoms with Gasteiger partial charge in [0.05, 0.1) is 5.56 Å². The molecule has 1 aliphatic rings. The number of nitrogens with one attached hydrogen (secondary N) is 1. The SMILES string of the molecule is CC(C)(C)OC(=O)NCC(=O)N1CCc2ccc(Oc3ccc(C(F)(F)F)c(F)c3)cc2C1. The Labute approximate surface area is 188 Å². The van der Waals surface area contributed by atoms with E-state index in [0.717, 1.165) is 17.2 Å². The van der Waals surface area contributed by atoms with E-state index in [4.69, 9.17) is 9.47 Å². The van der Waals surface area contributed by atoms with Crippen LogP contribution in [-0.4, -0.2) is 35.6 Å². The number of nitrogens with zero attached hydrogens (tertiary/aromatic N) is 1. The van der Waals surface area contributed by atoms with Gasteiger partial charge in [0.2, 0.25) is 5.91 Å². The van der Waals surface area contributed by atoms with Crippen molar-refractivity contribution < 1.29 is 36.6 Å². The highest BCUT2D eigenvalue weighted by Crippen LogP contribution is 2.34. The van der Waals surface area contributed by atoms with E-state index >= 15 is 0 Å². The average molecular weight is 468 g/mol. The molecule has 1 heterocycles. The Morgan fingerprint density at radius 2 is 1.70 bits per heavy atom. The van der Waals surface area contributed by atoms with E-state index in [2.05, 4.69) is 5.32 Å². The van der Waals surface area contributed by atoms with E-state index in [0.29, 0.717) is 30.8 Å². The van der Waals surface area contributed by atoms with Crippen LogP contribution in [0, 0.1) is 5.82 Å². The molecule has 33 heavy (non-hydrogen) atoms. The summed E-state index contributed by atoms with van der Waals surface area (Å²) in [5, 5.41) is 2.43. The van der Waals surface area contributed by atoms with Gasteiger partial charge in [-0.2, -0.15) is 13.2 Å². The van der Waals surface area contributed by atoms with Crippen molar-refractivity contribution in [2.24, 2.45) is 0 Å². The highest BCUT2D eigenvalue weighted by molar-refractivity contribution is 5.82. The molecule has 2 aromatic rings. The Morgan fingerprint density at radius 3 is 2.33 bits per heavy atom. The second kappa shape index (κ2) is 9.29. The number of hydrogen-bond acceptors (Lipinski definition) is 4. The van der Waals surface area contributed by atoms with Gasteiger partial charge in [0.1, 0.15) is 29.5 Å². The Balaban J connectivity index is 1.64. The number of benzene rings is 2. The fraction of sp³-hybridized carbons (Fsp3) is 0.391. The molecule has 0 fully saturated rings. The standard InChI is InChI=1S/C23H24F4N2O4/c1-22(2,3)33-21(31)28-12-20(30)29-9-8-14-4-5-16(10-15(14)13-29)32-17-6-7-18(19(24)11-17)23(25,26)27/h4-7,10-11H,8-9,12-13H2,1-3H3,(H,28,31). The summed E-state index contributed by atoms with van der Waals surface area (Å²) in [4.78, 5) is 25.8. The van der Waals surface area contributed by atoms with Gasteiger partial charge in [0.25, 0.3) is 0 Å². The zero-order valence-electron chi connectivity index (χ0n) is 18.4. The Hall–Kier alpha value is -3.30. The first-order valence-electron chi connectivity index (χ1n) is 10.2. The summed E-state index contributed by atoms with van der Waals surface area (Å²) in [6, 6.07) is 7.44. The van der Waals surface area contributed by atoms with Crippen LogP contribution in [0.3, 0.4) is 0 Å². The van der Waals surface area contributed by atoms with Crippen molar-refractivity contribution in [3.8, 4) is 11.5 Å². The molecule has 0 aromatic heterocycles. The van der Waals surface area contributed by atoms with Gasteiger partial charge in [-0.05, 0) is 62.6 Å². The van der Waals surface area contributed by atoms with Crippen LogP contribution in [-0.2, 0) is 28.7 Å². The minimum absolute atomic E-state index is 0.0780. The summed E-state index contributed by atoms with van der Waals surface area (Å²) in [5.41, 5.74) is -0.264. The number of carbonyl (C=O) groups excluding carboxylic acids is 2. The molecule has 1 N–H and O–H groups in total. The molecule has 0 atom stereocenters. The fourth-order valence-corrected chi connectivity index (χ4v) is 3.31. The first-order chi connectivity index (χ1) is 15.3. The third kappa shape index (κ3) is 6.59. The predicted molar refractivity (Wildman–Crippen MR) is 111 cm³/mol. The van der Waals surface area contributed by atoms with E-state index in [1.807, 2.05) is 0 Å². The number of ether oxygens (including phenoxy) is 2. The molecular weight excluding hydrogens is 444 g/mol. The number of rotatable bonds is 4. The van der Waals surface area contributed by atoms with Gasteiger partial charge in [0, 0.05) is 19.2 Å². The monoisotopic (exact) mass is 468 g/mol. The minimum atomic E-state index is -4.79. The lowest BCUT2D eigenvalue weighted by atomic mass is 9.99. The predicted octanol–water partition coefficient (Wildman–Crippen LogP) is 5.05. The topological polar surface area (TPSA) is 67.9 Å². The summed E-state index contributed by atoms with van der Waals surface area (Å²) < 4.78 is 62.6. The van der Waals surface area contributed by atoms with Crippen LogP contribution < -0.4 is 10.1 Å². The third-order valence-corrected chi connectivity index (χ3v) is 4.81. The van der Waals surface area contributed by atoms with Crippen LogP contribution in [0.25, 0.3) is 0 Å². The number of halogens is 4. The number of alkyl halides is 3. The van der Waals surface area contributed by atoms with Gasteiger partial charge in [-0.1, -0.05) is 6.07 Å². The molecule has 2 amide bonds. The molecule has 0 saturated heterocycles. The van der Waals surface area contributed by atoms with Crippen LogP contribution in [0.1, 0.15) is 37.5 Å². The molecule has 0 saturated carbocycles. The molecule has 1 aliphatic heterocycles. The van der Waals surface area contributed by atoms with Gasteiger partial charge >= 0.3 is 12.3 Å². The van der Waals surface area contributed by atoms with Crippen LogP contribution in [0.4, 0.5) is 22.4 Å². The van der Waals surface area contributed by atoms with Gasteiger partial charge in [-0.15, -0.1) is 0 Å². The minimum Gasteiger partial charge on any atom is -0.457 e. The number of alkyl carbamates (subject to hydrolysis) is 1. The maximum absolute atomic E-state index is 13.8. The highest BCUT2D eigenvalue weighted by atomic mass is 19.4. The van der Waals surface area contributed by atoms with E-state index in [1.165, 1.54) is 0 Å². The number of hydrogen-bond donors (Lipinski definition) is 1. The van der Waals surface area contributed by atoms with Gasteiger partial charge < -0.3 is 19.7 Å². The summed E-state index contributed by atoms with van der Waals surface area (Å²) in [7, 11) is 0. The van der Waals surface area contributed by atoms with Crippen molar-refractivity contribution in [2.45, 2.75) is 45.5 Å². The molecule has 10 heteroatoms. The van der Waals surface area contributed by atoms with Gasteiger partial charge in [-0.25, -0.2) is 9.18 Å². The van der Waals surface area contributed by atoms with E-state index in [1.54, 1.807) is 43.9 Å². The molecule has 0 unspecified atom stereocenters. The maximum atomic E-state index is 13.8. The lowest BCUT2D eigenvalue weighted by Crippen LogP contribution is -2.43. The fourth-order valence-electron chi connectivity index (χ4n) is 3.31. The lowest BCUT2D eigenvalue weighted by molar-refractivity contribution is -0.140. The second-order valence-electron chi connectivity index (χ2n) is 8.59. The Morgan fingerprint density at radius 1 is 1.03 bits per heavy atom. The smallest absolute Gasteiger partial charge is 0.419 e. The van der Waals surface area contributed by atoms with Crippen molar-refractivity contribution in [2.75, 3.05) is 13.1 Å². The van der Waals surface area contributed by atoms with E-state index in [-0.39, 0.29) is 24.7 Å². The third-order valence-electron chi connectivity index (χ3n) is 4.81. The molecule has 0 spiro atoms.